The number of ketones is 1. The zero-order valence-electron chi connectivity index (χ0n) is 20.6. The van der Waals surface area contributed by atoms with Gasteiger partial charge in [0.15, 0.2) is 5.78 Å². The van der Waals surface area contributed by atoms with Crippen LogP contribution in [0.3, 0.4) is 0 Å². The van der Waals surface area contributed by atoms with Crippen molar-refractivity contribution in [2.45, 2.75) is 55.4 Å². The third-order valence-corrected chi connectivity index (χ3v) is 5.13. The summed E-state index contributed by atoms with van der Waals surface area (Å²) in [6.07, 6.45) is 1.33. The number of allylic oxidation sites excluding steroid dienone is 2. The molecule has 1 heterocycles. The second kappa shape index (κ2) is 11.2. The largest absolute Gasteiger partial charge is 0.512 e. The summed E-state index contributed by atoms with van der Waals surface area (Å²) >= 11 is 0. The Kier molecular flexibility index (Phi) is 9.71. The van der Waals surface area contributed by atoms with Gasteiger partial charge in [0.25, 0.3) is 0 Å². The van der Waals surface area contributed by atoms with Gasteiger partial charge >= 0.3 is 0 Å². The zero-order chi connectivity index (χ0) is 24.3. The van der Waals surface area contributed by atoms with E-state index in [1.54, 1.807) is 6.07 Å². The maximum Gasteiger partial charge on any atom is 0.164 e. The third-order valence-electron chi connectivity index (χ3n) is 5.13. The summed E-state index contributed by atoms with van der Waals surface area (Å²) < 4.78 is 13.2. The molecular formula is C28H33FIrNO2-. The fourth-order valence-corrected chi connectivity index (χ4v) is 2.62. The number of carbonyl (C=O) groups excluding carboxylic acids is 1. The summed E-state index contributed by atoms with van der Waals surface area (Å²) in [5.41, 5.74) is 4.07. The Morgan fingerprint density at radius 3 is 2.12 bits per heavy atom. The summed E-state index contributed by atoms with van der Waals surface area (Å²) in [4.78, 5) is 16.0. The topological polar surface area (TPSA) is 50.2 Å². The number of benzene rings is 2. The van der Waals surface area contributed by atoms with Crippen LogP contribution < -0.4 is 0 Å². The van der Waals surface area contributed by atoms with Crippen molar-refractivity contribution in [1.29, 1.82) is 0 Å². The van der Waals surface area contributed by atoms with E-state index in [-0.39, 0.29) is 42.9 Å². The van der Waals surface area contributed by atoms with E-state index in [1.165, 1.54) is 29.3 Å². The van der Waals surface area contributed by atoms with E-state index < -0.39 is 5.41 Å². The minimum Gasteiger partial charge on any atom is -0.512 e. The fourth-order valence-electron chi connectivity index (χ4n) is 2.62. The number of aliphatic hydroxyl groups is 1. The first-order valence-electron chi connectivity index (χ1n) is 10.7. The Bertz CT molecular complexity index is 1150. The standard InChI is InChI=1S/C17H13FN.C11H20O2.Ir/c1-11-3-4-14(9-12(11)2)16-8-6-13-5-7-15(18)10-17(13)19-16;1-10(2,3)8(12)7-9(13)11(4,5)6;/h3,5-10H,1-2H3;7,12H,1-6H3;/q-1;;/b;8-7-;. The normalized spacial score (nSPS) is 12.0. The average molecular weight is 627 g/mol. The number of fused-ring (bicyclic) bond motifs is 1. The van der Waals surface area contributed by atoms with Gasteiger partial charge in [0.1, 0.15) is 11.6 Å². The van der Waals surface area contributed by atoms with Gasteiger partial charge < -0.3 is 5.11 Å². The van der Waals surface area contributed by atoms with E-state index >= 15 is 0 Å². The Hall–Kier alpha value is -2.36. The second-order valence-electron chi connectivity index (χ2n) is 10.1. The van der Waals surface area contributed by atoms with Crippen LogP contribution in [0, 0.1) is 36.6 Å². The number of halogens is 1. The van der Waals surface area contributed by atoms with Gasteiger partial charge in [0, 0.05) is 37.0 Å². The van der Waals surface area contributed by atoms with Crippen LogP contribution in [-0.4, -0.2) is 15.9 Å². The molecule has 0 fully saturated rings. The van der Waals surface area contributed by atoms with Crippen molar-refractivity contribution in [1.82, 2.24) is 4.98 Å². The Morgan fingerprint density at radius 1 is 0.970 bits per heavy atom. The second-order valence-corrected chi connectivity index (χ2v) is 10.1. The first-order chi connectivity index (χ1) is 14.7. The first kappa shape index (κ1) is 28.7. The molecule has 0 saturated heterocycles. The monoisotopic (exact) mass is 627 g/mol. The van der Waals surface area contributed by atoms with Crippen molar-refractivity contribution in [3.05, 3.63) is 77.3 Å². The summed E-state index contributed by atoms with van der Waals surface area (Å²) in [5.74, 6) is -0.159. The van der Waals surface area contributed by atoms with Gasteiger partial charge in [0.05, 0.1) is 5.52 Å². The molecule has 33 heavy (non-hydrogen) atoms. The van der Waals surface area contributed by atoms with E-state index in [1.807, 2.05) is 59.7 Å². The van der Waals surface area contributed by atoms with E-state index in [0.29, 0.717) is 5.52 Å². The average Bonchev–Trinajstić information content (AvgIpc) is 2.68. The van der Waals surface area contributed by atoms with Crippen LogP contribution >= 0.6 is 0 Å². The molecule has 0 bridgehead atoms. The van der Waals surface area contributed by atoms with Gasteiger partial charge in [-0.1, -0.05) is 67.5 Å². The molecule has 0 unspecified atom stereocenters. The van der Waals surface area contributed by atoms with Crippen LogP contribution in [0.5, 0.6) is 0 Å². The number of nitrogens with zero attached hydrogens (tertiary/aromatic N) is 1. The molecular weight excluding hydrogens is 594 g/mol. The van der Waals surface area contributed by atoms with Crippen molar-refractivity contribution in [3.8, 4) is 11.3 Å². The van der Waals surface area contributed by atoms with Crippen molar-refractivity contribution in [2.75, 3.05) is 0 Å². The van der Waals surface area contributed by atoms with Gasteiger partial charge in [-0.05, 0) is 29.3 Å². The zero-order valence-corrected chi connectivity index (χ0v) is 23.0. The van der Waals surface area contributed by atoms with Crippen molar-refractivity contribution >= 4 is 16.7 Å². The van der Waals surface area contributed by atoms with Gasteiger partial charge in [-0.2, -0.15) is 0 Å². The van der Waals surface area contributed by atoms with Gasteiger partial charge in [-0.15, -0.1) is 34.9 Å². The number of aliphatic hydroxyl groups excluding tert-OH is 1. The number of carbonyl (C=O) groups is 1. The van der Waals surface area contributed by atoms with Gasteiger partial charge in [-0.25, -0.2) is 4.39 Å². The number of pyridine rings is 1. The molecule has 0 aliphatic rings. The summed E-state index contributed by atoms with van der Waals surface area (Å²) in [6, 6.07) is 15.8. The molecule has 0 atom stereocenters. The molecule has 3 rings (SSSR count). The van der Waals surface area contributed by atoms with Crippen LogP contribution in [0.1, 0.15) is 52.7 Å². The molecule has 0 saturated carbocycles. The molecule has 0 spiro atoms. The minimum absolute atomic E-state index is 0. The molecule has 0 aliphatic heterocycles. The van der Waals surface area contributed by atoms with Crippen LogP contribution in [0.4, 0.5) is 4.39 Å². The van der Waals surface area contributed by atoms with Crippen molar-refractivity contribution in [2.24, 2.45) is 10.8 Å². The molecule has 1 radical (unpaired) electrons. The number of aromatic nitrogens is 1. The predicted molar refractivity (Wildman–Crippen MR) is 130 cm³/mol. The predicted octanol–water partition coefficient (Wildman–Crippen LogP) is 7.55. The number of hydrogen-bond acceptors (Lipinski definition) is 3. The number of aryl methyl sites for hydroxylation is 2. The van der Waals surface area contributed by atoms with Gasteiger partial charge in [-0.3, -0.25) is 9.78 Å². The van der Waals surface area contributed by atoms with Crippen molar-refractivity contribution < 1.29 is 34.4 Å². The Labute approximate surface area is 210 Å². The number of hydrogen-bond donors (Lipinski definition) is 1. The van der Waals surface area contributed by atoms with Crippen LogP contribution in [0.25, 0.3) is 22.2 Å². The SMILES string of the molecule is CC(C)(C)C(=O)/C=C(\O)C(C)(C)C.Cc1c[c-]c(-c2ccc3ccc(F)cc3n2)cc1C.[Ir]. The molecule has 0 amide bonds. The molecule has 0 aliphatic carbocycles. The molecule has 2 aromatic carbocycles. The van der Waals surface area contributed by atoms with E-state index in [4.69, 9.17) is 0 Å². The summed E-state index contributed by atoms with van der Waals surface area (Å²) in [5, 5.41) is 10.5. The minimum atomic E-state index is -0.417. The molecule has 1 aromatic heterocycles. The molecule has 3 nitrogen and oxygen atoms in total. The van der Waals surface area contributed by atoms with Crippen molar-refractivity contribution in [3.63, 3.8) is 0 Å². The smallest absolute Gasteiger partial charge is 0.164 e. The van der Waals surface area contributed by atoms with Crippen LogP contribution in [0.15, 0.2) is 54.3 Å². The van der Waals surface area contributed by atoms with E-state index in [0.717, 1.165) is 16.6 Å². The molecule has 1 N–H and O–H groups in total. The Morgan fingerprint density at radius 2 is 1.58 bits per heavy atom. The van der Waals surface area contributed by atoms with Crippen LogP contribution in [-0.2, 0) is 24.9 Å². The summed E-state index contributed by atoms with van der Waals surface area (Å²) in [7, 11) is 0. The van der Waals surface area contributed by atoms with E-state index in [9.17, 15) is 14.3 Å². The molecule has 3 aromatic rings. The van der Waals surface area contributed by atoms with Gasteiger partial charge in [0.2, 0.25) is 0 Å². The Balaban J connectivity index is 0.000000346. The van der Waals surface area contributed by atoms with E-state index in [2.05, 4.69) is 31.0 Å². The maximum atomic E-state index is 13.2. The molecule has 5 heteroatoms. The molecule has 179 valence electrons. The fraction of sp³-hybridized carbons (Fsp3) is 0.357. The maximum absolute atomic E-state index is 13.2. The number of rotatable bonds is 2. The quantitative estimate of drug-likeness (QED) is 0.182. The third kappa shape index (κ3) is 8.17. The first-order valence-corrected chi connectivity index (χ1v) is 10.7. The van der Waals surface area contributed by atoms with Crippen LogP contribution in [0.2, 0.25) is 0 Å². The summed E-state index contributed by atoms with van der Waals surface area (Å²) in [6.45, 7) is 15.2.